The van der Waals surface area contributed by atoms with E-state index in [1.165, 1.54) is 0 Å². The van der Waals surface area contributed by atoms with Gasteiger partial charge in [0.25, 0.3) is 0 Å². The van der Waals surface area contributed by atoms with Gasteiger partial charge in [-0.3, -0.25) is 4.79 Å². The molecule has 0 saturated heterocycles. The first-order valence-electron chi connectivity index (χ1n) is 8.51. The normalized spacial score (nSPS) is 11.7. The van der Waals surface area contributed by atoms with E-state index in [9.17, 15) is 4.79 Å². The predicted octanol–water partition coefficient (Wildman–Crippen LogP) is 4.80. The number of methoxy groups -OCH3 is 1. The second kappa shape index (κ2) is 11.0. The molecule has 1 N–H and O–H groups in total. The Kier molecular flexibility index (Phi) is 8.65. The van der Waals surface area contributed by atoms with E-state index in [-0.39, 0.29) is 11.9 Å². The molecule has 140 valence electrons. The first kappa shape index (κ1) is 20.5. The Hall–Kier alpha value is -1.85. The lowest BCUT2D eigenvalue weighted by molar-refractivity contribution is -0.121. The van der Waals surface area contributed by atoms with E-state index in [2.05, 4.69) is 5.32 Å². The Morgan fingerprint density at radius 3 is 2.42 bits per heavy atom. The van der Waals surface area contributed by atoms with E-state index in [0.29, 0.717) is 13.0 Å². The Morgan fingerprint density at radius 2 is 1.77 bits per heavy atom. The topological polar surface area (TPSA) is 47.6 Å². The van der Waals surface area contributed by atoms with Gasteiger partial charge >= 0.3 is 0 Å². The van der Waals surface area contributed by atoms with Gasteiger partial charge in [0.2, 0.25) is 5.91 Å². The van der Waals surface area contributed by atoms with Crippen molar-refractivity contribution in [1.29, 1.82) is 0 Å². The lowest BCUT2D eigenvalue weighted by Crippen LogP contribution is -2.36. The van der Waals surface area contributed by atoms with Crippen molar-refractivity contribution in [3.8, 4) is 11.5 Å². The molecule has 0 spiro atoms. The fourth-order valence-corrected chi connectivity index (χ4v) is 3.21. The number of carbonyl (C=O) groups is 1. The van der Waals surface area contributed by atoms with E-state index in [0.717, 1.165) is 33.6 Å². The molecule has 0 aliphatic rings. The lowest BCUT2D eigenvalue weighted by Gasteiger charge is -2.15. The maximum absolute atomic E-state index is 12.0. The molecule has 0 heterocycles. The molecule has 26 heavy (non-hydrogen) atoms. The van der Waals surface area contributed by atoms with Crippen LogP contribution in [0.1, 0.15) is 19.8 Å². The van der Waals surface area contributed by atoms with Gasteiger partial charge in [-0.15, -0.1) is 11.8 Å². The van der Waals surface area contributed by atoms with Crippen molar-refractivity contribution in [2.75, 3.05) is 19.5 Å². The van der Waals surface area contributed by atoms with Gasteiger partial charge in [0.15, 0.2) is 0 Å². The summed E-state index contributed by atoms with van der Waals surface area (Å²) < 4.78 is 10.8. The average molecular weight is 394 g/mol. The maximum atomic E-state index is 12.0. The number of benzene rings is 2. The first-order valence-corrected chi connectivity index (χ1v) is 9.88. The molecule has 0 aliphatic carbocycles. The summed E-state index contributed by atoms with van der Waals surface area (Å²) >= 11 is 7.59. The number of rotatable bonds is 10. The van der Waals surface area contributed by atoms with E-state index < -0.39 is 0 Å². The van der Waals surface area contributed by atoms with Crippen LogP contribution in [0.5, 0.6) is 11.5 Å². The first-order chi connectivity index (χ1) is 12.6. The summed E-state index contributed by atoms with van der Waals surface area (Å²) in [5.41, 5.74) is 0. The molecule has 0 radical (unpaired) electrons. The molecule has 2 rings (SSSR count). The number of amides is 1. The lowest BCUT2D eigenvalue weighted by atomic mass is 10.3. The predicted molar refractivity (Wildman–Crippen MR) is 108 cm³/mol. The highest BCUT2D eigenvalue weighted by Crippen LogP contribution is 2.21. The van der Waals surface area contributed by atoms with Crippen molar-refractivity contribution < 1.29 is 14.3 Å². The standard InChI is InChI=1S/C20H24ClNO3S/c1-15(14-25-18-9-7-17(24-2)8-10-18)22-20(23)4-3-13-26-19-11-5-16(21)6-12-19/h5-12,15H,3-4,13-14H2,1-2H3,(H,22,23)/t15-/m0/s1. The molecule has 1 amide bonds. The van der Waals surface area contributed by atoms with Crippen LogP contribution < -0.4 is 14.8 Å². The highest BCUT2D eigenvalue weighted by atomic mass is 35.5. The molecular weight excluding hydrogens is 370 g/mol. The SMILES string of the molecule is COc1ccc(OC[C@H](C)NC(=O)CCCSc2ccc(Cl)cc2)cc1. The third-order valence-corrected chi connectivity index (χ3v) is 4.95. The van der Waals surface area contributed by atoms with E-state index in [1.54, 1.807) is 18.9 Å². The monoisotopic (exact) mass is 393 g/mol. The Balaban J connectivity index is 1.59. The van der Waals surface area contributed by atoms with Crippen LogP contribution in [-0.4, -0.2) is 31.4 Å². The van der Waals surface area contributed by atoms with E-state index in [1.807, 2.05) is 55.5 Å². The van der Waals surface area contributed by atoms with Crippen molar-refractivity contribution >= 4 is 29.3 Å². The van der Waals surface area contributed by atoms with Crippen molar-refractivity contribution in [3.63, 3.8) is 0 Å². The molecule has 2 aromatic rings. The summed E-state index contributed by atoms with van der Waals surface area (Å²) in [6.07, 6.45) is 1.33. The van der Waals surface area contributed by atoms with Crippen LogP contribution in [0.15, 0.2) is 53.4 Å². The summed E-state index contributed by atoms with van der Waals surface area (Å²) in [5, 5.41) is 3.70. The highest BCUT2D eigenvalue weighted by molar-refractivity contribution is 7.99. The van der Waals surface area contributed by atoms with Crippen molar-refractivity contribution in [1.82, 2.24) is 5.32 Å². The molecule has 0 fully saturated rings. The number of nitrogens with one attached hydrogen (secondary N) is 1. The fourth-order valence-electron chi connectivity index (χ4n) is 2.24. The zero-order chi connectivity index (χ0) is 18.8. The van der Waals surface area contributed by atoms with Crippen LogP contribution in [0.2, 0.25) is 5.02 Å². The summed E-state index contributed by atoms with van der Waals surface area (Å²) in [4.78, 5) is 13.2. The maximum Gasteiger partial charge on any atom is 0.220 e. The summed E-state index contributed by atoms with van der Waals surface area (Å²) in [6, 6.07) is 15.1. The molecule has 2 aromatic carbocycles. The molecule has 0 aromatic heterocycles. The largest absolute Gasteiger partial charge is 0.497 e. The van der Waals surface area contributed by atoms with Gasteiger partial charge in [0.05, 0.1) is 13.2 Å². The smallest absolute Gasteiger partial charge is 0.220 e. The zero-order valence-corrected chi connectivity index (χ0v) is 16.6. The number of ether oxygens (including phenoxy) is 2. The van der Waals surface area contributed by atoms with Crippen LogP contribution in [0.4, 0.5) is 0 Å². The third-order valence-electron chi connectivity index (χ3n) is 3.60. The molecule has 6 heteroatoms. The van der Waals surface area contributed by atoms with Gasteiger partial charge in [0.1, 0.15) is 18.1 Å². The van der Waals surface area contributed by atoms with Crippen LogP contribution in [0, 0.1) is 0 Å². The van der Waals surface area contributed by atoms with Crippen LogP contribution in [-0.2, 0) is 4.79 Å². The molecular formula is C20H24ClNO3S. The molecule has 0 saturated carbocycles. The van der Waals surface area contributed by atoms with Gasteiger partial charge in [-0.05, 0) is 67.6 Å². The molecule has 0 aliphatic heterocycles. The average Bonchev–Trinajstić information content (AvgIpc) is 2.65. The van der Waals surface area contributed by atoms with Crippen molar-refractivity contribution in [2.45, 2.75) is 30.7 Å². The van der Waals surface area contributed by atoms with Gasteiger partial charge in [0, 0.05) is 16.3 Å². The van der Waals surface area contributed by atoms with Crippen molar-refractivity contribution in [3.05, 3.63) is 53.6 Å². The molecule has 0 unspecified atom stereocenters. The van der Waals surface area contributed by atoms with Gasteiger partial charge in [-0.25, -0.2) is 0 Å². The number of halogens is 1. The van der Waals surface area contributed by atoms with Gasteiger partial charge < -0.3 is 14.8 Å². The van der Waals surface area contributed by atoms with Gasteiger partial charge in [-0.2, -0.15) is 0 Å². The minimum Gasteiger partial charge on any atom is -0.497 e. The Bertz CT molecular complexity index is 676. The van der Waals surface area contributed by atoms with Crippen LogP contribution in [0.25, 0.3) is 0 Å². The number of hydrogen-bond donors (Lipinski definition) is 1. The third kappa shape index (κ3) is 7.58. The number of carbonyl (C=O) groups excluding carboxylic acids is 1. The number of thioether (sulfide) groups is 1. The summed E-state index contributed by atoms with van der Waals surface area (Å²) in [7, 11) is 1.63. The zero-order valence-electron chi connectivity index (χ0n) is 15.0. The molecule has 4 nitrogen and oxygen atoms in total. The summed E-state index contributed by atoms with van der Waals surface area (Å²) in [5.74, 6) is 2.49. The Labute approximate surface area is 164 Å². The second-order valence-electron chi connectivity index (χ2n) is 5.86. The van der Waals surface area contributed by atoms with Gasteiger partial charge in [-0.1, -0.05) is 11.6 Å². The number of hydrogen-bond acceptors (Lipinski definition) is 4. The molecule has 0 bridgehead atoms. The van der Waals surface area contributed by atoms with E-state index in [4.69, 9.17) is 21.1 Å². The second-order valence-corrected chi connectivity index (χ2v) is 7.47. The quantitative estimate of drug-likeness (QED) is 0.465. The minimum absolute atomic E-state index is 0.0477. The minimum atomic E-state index is -0.0477. The van der Waals surface area contributed by atoms with E-state index >= 15 is 0 Å². The fraction of sp³-hybridized carbons (Fsp3) is 0.350. The summed E-state index contributed by atoms with van der Waals surface area (Å²) in [6.45, 7) is 2.36. The molecule has 1 atom stereocenters. The Morgan fingerprint density at radius 1 is 1.12 bits per heavy atom. The van der Waals surface area contributed by atoms with Crippen LogP contribution >= 0.6 is 23.4 Å². The highest BCUT2D eigenvalue weighted by Gasteiger charge is 2.08. The van der Waals surface area contributed by atoms with Crippen LogP contribution in [0.3, 0.4) is 0 Å². The van der Waals surface area contributed by atoms with Crippen molar-refractivity contribution in [2.24, 2.45) is 0 Å².